The van der Waals surface area contributed by atoms with Gasteiger partial charge in [-0.1, -0.05) is 13.0 Å². The molecule has 0 radical (unpaired) electrons. The molecular formula is C13H23N3O. The van der Waals surface area contributed by atoms with E-state index in [-0.39, 0.29) is 0 Å². The van der Waals surface area contributed by atoms with Gasteiger partial charge >= 0.3 is 0 Å². The molecular weight excluding hydrogens is 214 g/mol. The van der Waals surface area contributed by atoms with Crippen LogP contribution in [0.3, 0.4) is 0 Å². The fourth-order valence-electron chi connectivity index (χ4n) is 1.72. The third-order valence-electron chi connectivity index (χ3n) is 2.73. The Morgan fingerprint density at radius 3 is 2.88 bits per heavy atom. The van der Waals surface area contributed by atoms with Gasteiger partial charge in [-0.25, -0.2) is 4.98 Å². The zero-order valence-corrected chi connectivity index (χ0v) is 11.1. The summed E-state index contributed by atoms with van der Waals surface area (Å²) in [5, 5.41) is 3.12. The van der Waals surface area contributed by atoms with Crippen LogP contribution in [0.1, 0.15) is 19.4 Å². The Bertz CT molecular complexity index is 317. The molecule has 0 amide bonds. The molecule has 0 bridgehead atoms. The number of anilines is 1. The molecule has 0 aliphatic rings. The zero-order valence-electron chi connectivity index (χ0n) is 11.1. The van der Waals surface area contributed by atoms with Crippen molar-refractivity contribution in [3.05, 3.63) is 23.9 Å². The monoisotopic (exact) mass is 237 g/mol. The molecule has 96 valence electrons. The first-order valence-electron chi connectivity index (χ1n) is 6.23. The number of hydrogen-bond acceptors (Lipinski definition) is 4. The molecule has 4 heteroatoms. The van der Waals surface area contributed by atoms with E-state index in [2.05, 4.69) is 28.2 Å². The molecule has 1 aromatic heterocycles. The van der Waals surface area contributed by atoms with Crippen molar-refractivity contribution in [2.75, 3.05) is 38.7 Å². The number of pyridine rings is 1. The lowest BCUT2D eigenvalue weighted by Gasteiger charge is -2.21. The van der Waals surface area contributed by atoms with Crippen molar-refractivity contribution in [1.29, 1.82) is 0 Å². The first-order valence-corrected chi connectivity index (χ1v) is 6.23. The average molecular weight is 237 g/mol. The Morgan fingerprint density at radius 2 is 2.24 bits per heavy atom. The van der Waals surface area contributed by atoms with E-state index in [4.69, 9.17) is 4.74 Å². The molecule has 0 saturated carbocycles. The minimum absolute atomic E-state index is 0.784. The summed E-state index contributed by atoms with van der Waals surface area (Å²) in [6.45, 7) is 8.66. The van der Waals surface area contributed by atoms with Crippen molar-refractivity contribution in [2.45, 2.75) is 20.4 Å². The molecule has 0 aliphatic carbocycles. The lowest BCUT2D eigenvalue weighted by atomic mass is 10.2. The number of rotatable bonds is 8. The lowest BCUT2D eigenvalue weighted by Crippen LogP contribution is -2.27. The van der Waals surface area contributed by atoms with Gasteiger partial charge in [-0.3, -0.25) is 4.90 Å². The van der Waals surface area contributed by atoms with Gasteiger partial charge in [-0.05, 0) is 19.5 Å². The zero-order chi connectivity index (χ0) is 12.5. The molecule has 1 aromatic rings. The highest BCUT2D eigenvalue weighted by Crippen LogP contribution is 2.13. The van der Waals surface area contributed by atoms with Crippen molar-refractivity contribution in [3.63, 3.8) is 0 Å². The molecule has 0 atom stereocenters. The van der Waals surface area contributed by atoms with Gasteiger partial charge in [-0.15, -0.1) is 0 Å². The van der Waals surface area contributed by atoms with Gasteiger partial charge in [0.25, 0.3) is 0 Å². The van der Waals surface area contributed by atoms with E-state index < -0.39 is 0 Å². The molecule has 1 heterocycles. The van der Waals surface area contributed by atoms with Crippen LogP contribution in [0.2, 0.25) is 0 Å². The van der Waals surface area contributed by atoms with Crippen LogP contribution in [-0.4, -0.2) is 43.2 Å². The first-order chi connectivity index (χ1) is 8.31. The maximum Gasteiger partial charge on any atom is 0.130 e. The van der Waals surface area contributed by atoms with Crippen LogP contribution in [0, 0.1) is 0 Å². The Labute approximate surface area is 104 Å². The van der Waals surface area contributed by atoms with Crippen LogP contribution >= 0.6 is 0 Å². The fraction of sp³-hybridized carbons (Fsp3) is 0.615. The van der Waals surface area contributed by atoms with Gasteiger partial charge in [-0.2, -0.15) is 0 Å². The molecule has 1 N–H and O–H groups in total. The summed E-state index contributed by atoms with van der Waals surface area (Å²) in [7, 11) is 1.91. The average Bonchev–Trinajstić information content (AvgIpc) is 2.38. The second-order valence-corrected chi connectivity index (χ2v) is 3.83. The fourth-order valence-corrected chi connectivity index (χ4v) is 1.72. The summed E-state index contributed by atoms with van der Waals surface area (Å²) in [6.07, 6.45) is 1.81. The second-order valence-electron chi connectivity index (χ2n) is 3.83. The van der Waals surface area contributed by atoms with E-state index >= 15 is 0 Å². The third kappa shape index (κ3) is 4.71. The maximum absolute atomic E-state index is 5.39. The van der Waals surface area contributed by atoms with Crippen LogP contribution in [0.15, 0.2) is 18.3 Å². The summed E-state index contributed by atoms with van der Waals surface area (Å²) >= 11 is 0. The van der Waals surface area contributed by atoms with E-state index in [1.807, 2.05) is 26.2 Å². The van der Waals surface area contributed by atoms with E-state index in [0.29, 0.717) is 0 Å². The number of ether oxygens (including phenoxy) is 1. The standard InChI is InChI=1S/C13H23N3O/c1-4-16(9-10-17-5-2)11-12-7-6-8-15-13(12)14-3/h6-8H,4-5,9-11H2,1-3H3,(H,14,15). The molecule has 4 nitrogen and oxygen atoms in total. The molecule has 0 unspecified atom stereocenters. The van der Waals surface area contributed by atoms with Gasteiger partial charge in [0.05, 0.1) is 6.61 Å². The quantitative estimate of drug-likeness (QED) is 0.702. The summed E-state index contributed by atoms with van der Waals surface area (Å²) in [5.74, 6) is 0.961. The topological polar surface area (TPSA) is 37.4 Å². The summed E-state index contributed by atoms with van der Waals surface area (Å²) in [5.41, 5.74) is 1.23. The van der Waals surface area contributed by atoms with Crippen molar-refractivity contribution in [3.8, 4) is 0 Å². The first kappa shape index (κ1) is 13.9. The predicted octanol–water partition coefficient (Wildman–Crippen LogP) is 1.98. The van der Waals surface area contributed by atoms with Crippen LogP contribution in [0.4, 0.5) is 5.82 Å². The number of nitrogens with one attached hydrogen (secondary N) is 1. The summed E-state index contributed by atoms with van der Waals surface area (Å²) in [6, 6.07) is 4.09. The van der Waals surface area contributed by atoms with Gasteiger partial charge < -0.3 is 10.1 Å². The van der Waals surface area contributed by atoms with Gasteiger partial charge in [0.1, 0.15) is 5.82 Å². The molecule has 0 aliphatic heterocycles. The number of aromatic nitrogens is 1. The molecule has 1 rings (SSSR count). The molecule has 0 saturated heterocycles. The highest BCUT2D eigenvalue weighted by molar-refractivity contribution is 5.42. The minimum Gasteiger partial charge on any atom is -0.380 e. The molecule has 0 aromatic carbocycles. The van der Waals surface area contributed by atoms with Crippen LogP contribution in [-0.2, 0) is 11.3 Å². The van der Waals surface area contributed by atoms with Crippen LogP contribution < -0.4 is 5.32 Å². The van der Waals surface area contributed by atoms with Gasteiger partial charge in [0.15, 0.2) is 0 Å². The highest BCUT2D eigenvalue weighted by atomic mass is 16.5. The lowest BCUT2D eigenvalue weighted by molar-refractivity contribution is 0.113. The van der Waals surface area contributed by atoms with E-state index in [1.54, 1.807) is 0 Å². The van der Waals surface area contributed by atoms with E-state index in [0.717, 1.165) is 38.7 Å². The van der Waals surface area contributed by atoms with E-state index in [1.165, 1.54) is 5.56 Å². The molecule has 17 heavy (non-hydrogen) atoms. The van der Waals surface area contributed by atoms with Crippen LogP contribution in [0.5, 0.6) is 0 Å². The van der Waals surface area contributed by atoms with Crippen LogP contribution in [0.25, 0.3) is 0 Å². The van der Waals surface area contributed by atoms with Crippen molar-refractivity contribution in [2.24, 2.45) is 0 Å². The van der Waals surface area contributed by atoms with E-state index in [9.17, 15) is 0 Å². The largest absolute Gasteiger partial charge is 0.380 e. The van der Waals surface area contributed by atoms with Crippen molar-refractivity contribution >= 4 is 5.82 Å². The maximum atomic E-state index is 5.39. The summed E-state index contributed by atoms with van der Waals surface area (Å²) in [4.78, 5) is 6.67. The number of likely N-dealkylation sites (N-methyl/N-ethyl adjacent to an activating group) is 1. The second kappa shape index (κ2) is 8.03. The van der Waals surface area contributed by atoms with Crippen molar-refractivity contribution in [1.82, 2.24) is 9.88 Å². The SMILES string of the molecule is CCOCCN(CC)Cc1cccnc1NC. The summed E-state index contributed by atoms with van der Waals surface area (Å²) < 4.78 is 5.39. The predicted molar refractivity (Wildman–Crippen MR) is 71.2 cm³/mol. The Balaban J connectivity index is 2.54. The molecule has 0 spiro atoms. The smallest absolute Gasteiger partial charge is 0.130 e. The Hall–Kier alpha value is -1.13. The Kier molecular flexibility index (Phi) is 6.58. The normalized spacial score (nSPS) is 10.8. The van der Waals surface area contributed by atoms with Crippen molar-refractivity contribution < 1.29 is 4.74 Å². The van der Waals surface area contributed by atoms with Gasteiger partial charge in [0, 0.05) is 38.5 Å². The van der Waals surface area contributed by atoms with Gasteiger partial charge in [0.2, 0.25) is 0 Å². The highest BCUT2D eigenvalue weighted by Gasteiger charge is 2.07. The number of hydrogen-bond donors (Lipinski definition) is 1. The number of nitrogens with zero attached hydrogens (tertiary/aromatic N) is 2. The molecule has 0 fully saturated rings. The Morgan fingerprint density at radius 1 is 1.41 bits per heavy atom. The minimum atomic E-state index is 0.784. The third-order valence-corrected chi connectivity index (χ3v) is 2.73.